The number of fused-ring (bicyclic) bond motifs is 2. The van der Waals surface area contributed by atoms with Gasteiger partial charge in [-0.2, -0.15) is 5.26 Å². The molecule has 2 saturated heterocycles. The summed E-state index contributed by atoms with van der Waals surface area (Å²) in [4.78, 5) is 5.34. The molecule has 2 aromatic carbocycles. The first-order valence-corrected chi connectivity index (χ1v) is 13.5. The topological polar surface area (TPSA) is 58.0 Å². The normalized spacial score (nSPS) is 23.0. The molecule has 36 heavy (non-hydrogen) atoms. The van der Waals surface area contributed by atoms with E-state index >= 15 is 0 Å². The maximum atomic E-state index is 9.07. The van der Waals surface area contributed by atoms with Gasteiger partial charge in [0.15, 0.2) is 17.7 Å². The Morgan fingerprint density at radius 1 is 0.944 bits per heavy atom. The van der Waals surface area contributed by atoms with Crippen molar-refractivity contribution in [3.05, 3.63) is 53.6 Å². The van der Waals surface area contributed by atoms with E-state index in [0.29, 0.717) is 17.1 Å². The van der Waals surface area contributed by atoms with Crippen LogP contribution < -0.4 is 14.2 Å². The highest BCUT2D eigenvalue weighted by Gasteiger charge is 2.38. The number of nitriles is 1. The Morgan fingerprint density at radius 3 is 2.31 bits per heavy atom. The number of aryl methyl sites for hydroxylation is 1. The van der Waals surface area contributed by atoms with E-state index in [4.69, 9.17) is 19.5 Å². The zero-order chi connectivity index (χ0) is 24.9. The lowest BCUT2D eigenvalue weighted by Crippen LogP contribution is -2.56. The molecule has 2 bridgehead atoms. The first-order valence-electron chi connectivity index (χ1n) is 13.5. The highest BCUT2D eigenvalue weighted by molar-refractivity contribution is 5.45. The van der Waals surface area contributed by atoms with Crippen LogP contribution in [-0.2, 0) is 6.42 Å². The Kier molecular flexibility index (Phi) is 7.99. The molecule has 5 rings (SSSR count). The Balaban J connectivity index is 1.26. The fourth-order valence-electron chi connectivity index (χ4n) is 6.07. The van der Waals surface area contributed by atoms with E-state index in [1.807, 2.05) is 30.3 Å². The minimum Gasteiger partial charge on any atom is -0.493 e. The Morgan fingerprint density at radius 2 is 1.67 bits per heavy atom. The molecule has 2 aliphatic heterocycles. The highest BCUT2D eigenvalue weighted by Crippen LogP contribution is 2.36. The maximum Gasteiger partial charge on any atom is 0.164 e. The van der Waals surface area contributed by atoms with Gasteiger partial charge in [-0.3, -0.25) is 4.90 Å². The van der Waals surface area contributed by atoms with Gasteiger partial charge in [0, 0.05) is 38.8 Å². The summed E-state index contributed by atoms with van der Waals surface area (Å²) >= 11 is 0. The molecule has 0 N–H and O–H groups in total. The lowest BCUT2D eigenvalue weighted by atomic mass is 9.84. The Bertz CT molecular complexity index is 1030. The minimum absolute atomic E-state index is 0.0294. The standard InChI is InChI=1S/C30H39N3O3/c1-34-28-13-12-27(15-29(28)35-2)36-30(5-3-4-22-6-8-23(16-31)9-7-22)33-20-25-14-26(21-33)19-32(18-25)17-24-10-11-24/h6-9,12-13,15,24-26,30H,3-5,10-11,14,17-21H2,1-2H3. The van der Waals surface area contributed by atoms with Crippen LogP contribution in [0, 0.1) is 29.1 Å². The number of nitrogens with zero attached hydrogens (tertiary/aromatic N) is 3. The van der Waals surface area contributed by atoms with Crippen molar-refractivity contribution in [2.45, 2.75) is 44.8 Å². The molecule has 2 heterocycles. The van der Waals surface area contributed by atoms with Crippen LogP contribution in [0.15, 0.2) is 42.5 Å². The van der Waals surface area contributed by atoms with Gasteiger partial charge < -0.3 is 19.1 Å². The highest BCUT2D eigenvalue weighted by atomic mass is 16.5. The minimum atomic E-state index is 0.0294. The zero-order valence-electron chi connectivity index (χ0n) is 21.7. The van der Waals surface area contributed by atoms with Gasteiger partial charge in [0.2, 0.25) is 0 Å². The van der Waals surface area contributed by atoms with Crippen molar-refractivity contribution in [2.75, 3.05) is 46.9 Å². The van der Waals surface area contributed by atoms with E-state index in [0.717, 1.165) is 55.9 Å². The van der Waals surface area contributed by atoms with E-state index < -0.39 is 0 Å². The van der Waals surface area contributed by atoms with Crippen LogP contribution in [0.5, 0.6) is 17.2 Å². The third-order valence-corrected chi connectivity index (χ3v) is 7.93. The van der Waals surface area contributed by atoms with Crippen LogP contribution in [0.1, 0.15) is 43.2 Å². The van der Waals surface area contributed by atoms with Crippen LogP contribution >= 0.6 is 0 Å². The molecule has 3 atom stereocenters. The molecule has 3 unspecified atom stereocenters. The molecular weight excluding hydrogens is 450 g/mol. The van der Waals surface area contributed by atoms with Crippen molar-refractivity contribution < 1.29 is 14.2 Å². The summed E-state index contributed by atoms with van der Waals surface area (Å²) < 4.78 is 17.6. The molecule has 1 aliphatic carbocycles. The van der Waals surface area contributed by atoms with Crippen LogP contribution in [0.2, 0.25) is 0 Å². The van der Waals surface area contributed by atoms with Gasteiger partial charge in [0.25, 0.3) is 0 Å². The summed E-state index contributed by atoms with van der Waals surface area (Å²) in [6.07, 6.45) is 7.21. The number of ether oxygens (including phenoxy) is 3. The summed E-state index contributed by atoms with van der Waals surface area (Å²) in [7, 11) is 3.32. The van der Waals surface area contributed by atoms with Gasteiger partial charge in [0.1, 0.15) is 5.75 Å². The first-order chi connectivity index (χ1) is 17.6. The zero-order valence-corrected chi connectivity index (χ0v) is 21.7. The summed E-state index contributed by atoms with van der Waals surface area (Å²) in [5.41, 5.74) is 1.98. The van der Waals surface area contributed by atoms with Crippen molar-refractivity contribution in [3.8, 4) is 23.3 Å². The molecule has 6 nitrogen and oxygen atoms in total. The smallest absolute Gasteiger partial charge is 0.164 e. The lowest BCUT2D eigenvalue weighted by molar-refractivity contribution is -0.0546. The number of hydrogen-bond donors (Lipinski definition) is 0. The second-order valence-electron chi connectivity index (χ2n) is 10.9. The van der Waals surface area contributed by atoms with Gasteiger partial charge in [-0.1, -0.05) is 12.1 Å². The second kappa shape index (κ2) is 11.5. The number of piperidine rings is 2. The van der Waals surface area contributed by atoms with Gasteiger partial charge >= 0.3 is 0 Å². The largest absolute Gasteiger partial charge is 0.493 e. The van der Waals surface area contributed by atoms with Crippen molar-refractivity contribution in [3.63, 3.8) is 0 Å². The predicted octanol–water partition coefficient (Wildman–Crippen LogP) is 4.97. The van der Waals surface area contributed by atoms with Crippen LogP contribution in [0.3, 0.4) is 0 Å². The maximum absolute atomic E-state index is 9.07. The van der Waals surface area contributed by atoms with Gasteiger partial charge in [-0.05, 0) is 86.1 Å². The average Bonchev–Trinajstić information content (AvgIpc) is 3.71. The van der Waals surface area contributed by atoms with Crippen LogP contribution in [-0.4, -0.2) is 63.0 Å². The third kappa shape index (κ3) is 6.32. The van der Waals surface area contributed by atoms with Crippen molar-refractivity contribution in [1.29, 1.82) is 5.26 Å². The fourth-order valence-corrected chi connectivity index (χ4v) is 6.07. The molecule has 6 heteroatoms. The van der Waals surface area contributed by atoms with E-state index in [9.17, 15) is 0 Å². The molecule has 0 spiro atoms. The molecule has 3 aliphatic rings. The number of rotatable bonds is 11. The quantitative estimate of drug-likeness (QED) is 0.444. The number of benzene rings is 2. The van der Waals surface area contributed by atoms with Gasteiger partial charge in [0.05, 0.1) is 25.9 Å². The molecule has 2 aromatic rings. The van der Waals surface area contributed by atoms with Crippen LogP contribution in [0.25, 0.3) is 0 Å². The summed E-state index contributed by atoms with van der Waals surface area (Å²) in [6.45, 7) is 5.98. The molecule has 0 aromatic heterocycles. The Hall–Kier alpha value is -2.75. The van der Waals surface area contributed by atoms with E-state index in [1.54, 1.807) is 14.2 Å². The van der Waals surface area contributed by atoms with Gasteiger partial charge in [-0.25, -0.2) is 0 Å². The fraction of sp³-hybridized carbons (Fsp3) is 0.567. The molecule has 192 valence electrons. The molecule has 0 amide bonds. The van der Waals surface area contributed by atoms with E-state index in [2.05, 4.69) is 28.0 Å². The van der Waals surface area contributed by atoms with Gasteiger partial charge in [-0.15, -0.1) is 0 Å². The van der Waals surface area contributed by atoms with Crippen molar-refractivity contribution in [1.82, 2.24) is 9.80 Å². The molecule has 3 fully saturated rings. The number of hydrogen-bond acceptors (Lipinski definition) is 6. The summed E-state index contributed by atoms with van der Waals surface area (Å²) in [6, 6.07) is 16.0. The summed E-state index contributed by atoms with van der Waals surface area (Å²) in [5, 5.41) is 9.07. The SMILES string of the molecule is COc1ccc(OC(CCCc2ccc(C#N)cc2)N2CC3CC(CN(CC4CC4)C3)C2)cc1OC. The summed E-state index contributed by atoms with van der Waals surface area (Å²) in [5.74, 6) is 4.64. The van der Waals surface area contributed by atoms with Crippen molar-refractivity contribution in [2.24, 2.45) is 17.8 Å². The monoisotopic (exact) mass is 489 g/mol. The lowest BCUT2D eigenvalue weighted by Gasteiger charge is -2.48. The predicted molar refractivity (Wildman–Crippen MR) is 140 cm³/mol. The Labute approximate surface area is 215 Å². The molecule has 0 radical (unpaired) electrons. The number of methoxy groups -OCH3 is 2. The molecule has 1 saturated carbocycles. The van der Waals surface area contributed by atoms with Crippen LogP contribution in [0.4, 0.5) is 0 Å². The molecular formula is C30H39N3O3. The van der Waals surface area contributed by atoms with E-state index in [-0.39, 0.29) is 6.23 Å². The van der Waals surface area contributed by atoms with Crippen molar-refractivity contribution >= 4 is 0 Å². The van der Waals surface area contributed by atoms with E-state index in [1.165, 1.54) is 44.5 Å². The second-order valence-corrected chi connectivity index (χ2v) is 10.9. The number of likely N-dealkylation sites (tertiary alicyclic amines) is 2. The average molecular weight is 490 g/mol. The first kappa shape index (κ1) is 24.9. The third-order valence-electron chi connectivity index (χ3n) is 7.93.